The molecule has 1 aliphatic heterocycles. The van der Waals surface area contributed by atoms with E-state index in [1.807, 2.05) is 22.7 Å². The van der Waals surface area contributed by atoms with E-state index in [0.29, 0.717) is 11.3 Å². The summed E-state index contributed by atoms with van der Waals surface area (Å²) in [5.74, 6) is 2.20. The number of hydrogen-bond acceptors (Lipinski definition) is 3. The summed E-state index contributed by atoms with van der Waals surface area (Å²) in [6.07, 6.45) is 1.06. The minimum absolute atomic E-state index is 0.0475. The predicted octanol–water partition coefficient (Wildman–Crippen LogP) is 2.61. The summed E-state index contributed by atoms with van der Waals surface area (Å²) in [5.41, 5.74) is 7.02. The lowest BCUT2D eigenvalue weighted by Crippen LogP contribution is -2.33. The Hall–Kier alpha value is -0.680. The lowest BCUT2D eigenvalue weighted by Gasteiger charge is -2.20. The van der Waals surface area contributed by atoms with Gasteiger partial charge >= 0.3 is 0 Å². The number of nitrogens with two attached hydrogens (primary N) is 1. The molecular weight excluding hydrogens is 300 g/mol. The second-order valence-corrected chi connectivity index (χ2v) is 6.13. The molecule has 5 heteroatoms. The zero-order valence-electron chi connectivity index (χ0n) is 9.49. The maximum Gasteiger partial charge on any atom is 0.256 e. The average molecular weight is 315 g/mol. The van der Waals surface area contributed by atoms with E-state index >= 15 is 0 Å². The van der Waals surface area contributed by atoms with Crippen LogP contribution in [0.25, 0.3) is 0 Å². The summed E-state index contributed by atoms with van der Waals surface area (Å²) < 4.78 is 0.888. The van der Waals surface area contributed by atoms with E-state index in [0.717, 1.165) is 35.5 Å². The summed E-state index contributed by atoms with van der Waals surface area (Å²) in [6.45, 7) is 1.65. The molecule has 0 aliphatic carbocycles. The van der Waals surface area contributed by atoms with Crippen LogP contribution in [0.1, 0.15) is 16.8 Å². The highest BCUT2D eigenvalue weighted by molar-refractivity contribution is 9.10. The Morgan fingerprint density at radius 3 is 3.00 bits per heavy atom. The van der Waals surface area contributed by atoms with Crippen LogP contribution in [-0.4, -0.2) is 35.4 Å². The molecule has 2 rings (SSSR count). The maximum absolute atomic E-state index is 12.3. The molecule has 1 aromatic rings. The monoisotopic (exact) mass is 314 g/mol. The summed E-state index contributed by atoms with van der Waals surface area (Å²) in [4.78, 5) is 14.2. The highest BCUT2D eigenvalue weighted by Gasteiger charge is 2.19. The average Bonchev–Trinajstić information content (AvgIpc) is 2.60. The Bertz CT molecular complexity index is 417. The fraction of sp³-hybridized carbons (Fsp3) is 0.417. The molecule has 1 heterocycles. The van der Waals surface area contributed by atoms with Crippen LogP contribution in [0, 0.1) is 0 Å². The third kappa shape index (κ3) is 3.16. The van der Waals surface area contributed by atoms with Crippen molar-refractivity contribution in [1.82, 2.24) is 4.90 Å². The van der Waals surface area contributed by atoms with Gasteiger partial charge in [0.25, 0.3) is 5.91 Å². The van der Waals surface area contributed by atoms with Gasteiger partial charge in [-0.05, 0) is 30.4 Å². The number of thioether (sulfide) groups is 1. The first-order valence-corrected chi connectivity index (χ1v) is 7.55. The van der Waals surface area contributed by atoms with E-state index in [-0.39, 0.29) is 5.91 Å². The van der Waals surface area contributed by atoms with Crippen LogP contribution >= 0.6 is 27.7 Å². The van der Waals surface area contributed by atoms with Gasteiger partial charge in [0.15, 0.2) is 0 Å². The van der Waals surface area contributed by atoms with Crippen LogP contribution in [0.15, 0.2) is 22.7 Å². The Morgan fingerprint density at radius 1 is 1.35 bits per heavy atom. The molecular formula is C12H15BrN2OS. The smallest absolute Gasteiger partial charge is 0.256 e. The molecule has 1 aliphatic rings. The van der Waals surface area contributed by atoms with Crippen molar-refractivity contribution < 1.29 is 4.79 Å². The van der Waals surface area contributed by atoms with Gasteiger partial charge in [-0.3, -0.25) is 4.79 Å². The van der Waals surface area contributed by atoms with E-state index in [2.05, 4.69) is 15.9 Å². The summed E-state index contributed by atoms with van der Waals surface area (Å²) in [5, 5.41) is 0. The number of nitrogens with zero attached hydrogens (tertiary/aromatic N) is 1. The first-order valence-electron chi connectivity index (χ1n) is 5.60. The van der Waals surface area contributed by atoms with Gasteiger partial charge in [0.05, 0.1) is 5.56 Å². The lowest BCUT2D eigenvalue weighted by atomic mass is 10.1. The molecule has 1 aromatic carbocycles. The second-order valence-electron chi connectivity index (χ2n) is 3.99. The number of amides is 1. The topological polar surface area (TPSA) is 46.3 Å². The van der Waals surface area contributed by atoms with Gasteiger partial charge in [0.1, 0.15) is 0 Å². The zero-order valence-corrected chi connectivity index (χ0v) is 11.9. The van der Waals surface area contributed by atoms with Gasteiger partial charge in [0.2, 0.25) is 0 Å². The third-order valence-electron chi connectivity index (χ3n) is 2.76. The van der Waals surface area contributed by atoms with Crippen molar-refractivity contribution in [2.45, 2.75) is 6.42 Å². The lowest BCUT2D eigenvalue weighted by molar-refractivity contribution is 0.0769. The van der Waals surface area contributed by atoms with Crippen LogP contribution < -0.4 is 5.73 Å². The quantitative estimate of drug-likeness (QED) is 0.810. The molecule has 17 heavy (non-hydrogen) atoms. The SMILES string of the molecule is Nc1ccc(Br)cc1C(=O)N1CCCSCC1. The summed E-state index contributed by atoms with van der Waals surface area (Å²) in [6, 6.07) is 5.42. The van der Waals surface area contributed by atoms with E-state index in [9.17, 15) is 4.79 Å². The van der Waals surface area contributed by atoms with Crippen LogP contribution in [0.3, 0.4) is 0 Å². The molecule has 0 unspecified atom stereocenters. The number of carbonyl (C=O) groups excluding carboxylic acids is 1. The van der Waals surface area contributed by atoms with E-state index in [1.165, 1.54) is 0 Å². The van der Waals surface area contributed by atoms with E-state index < -0.39 is 0 Å². The predicted molar refractivity (Wildman–Crippen MR) is 76.4 cm³/mol. The fourth-order valence-electron chi connectivity index (χ4n) is 1.83. The Balaban J connectivity index is 2.20. The summed E-state index contributed by atoms with van der Waals surface area (Å²) >= 11 is 5.28. The molecule has 92 valence electrons. The van der Waals surface area contributed by atoms with Gasteiger partial charge < -0.3 is 10.6 Å². The number of benzene rings is 1. The van der Waals surface area contributed by atoms with Crippen molar-refractivity contribution in [3.8, 4) is 0 Å². The highest BCUT2D eigenvalue weighted by Crippen LogP contribution is 2.21. The number of rotatable bonds is 1. The van der Waals surface area contributed by atoms with Crippen molar-refractivity contribution in [3.63, 3.8) is 0 Å². The van der Waals surface area contributed by atoms with Crippen LogP contribution in [-0.2, 0) is 0 Å². The molecule has 0 saturated carbocycles. The largest absolute Gasteiger partial charge is 0.398 e. The minimum Gasteiger partial charge on any atom is -0.398 e. The van der Waals surface area contributed by atoms with Crippen LogP contribution in [0.4, 0.5) is 5.69 Å². The van der Waals surface area contributed by atoms with Crippen molar-refractivity contribution in [2.75, 3.05) is 30.3 Å². The Kier molecular flexibility index (Phi) is 4.34. The van der Waals surface area contributed by atoms with Gasteiger partial charge in [-0.15, -0.1) is 0 Å². The molecule has 2 N–H and O–H groups in total. The normalized spacial score (nSPS) is 16.6. The van der Waals surface area contributed by atoms with Crippen molar-refractivity contribution in [1.29, 1.82) is 0 Å². The Labute approximate surface area is 114 Å². The van der Waals surface area contributed by atoms with Gasteiger partial charge in [-0.1, -0.05) is 15.9 Å². The molecule has 1 amide bonds. The van der Waals surface area contributed by atoms with E-state index in [1.54, 1.807) is 12.1 Å². The molecule has 3 nitrogen and oxygen atoms in total. The zero-order chi connectivity index (χ0) is 12.3. The minimum atomic E-state index is 0.0475. The van der Waals surface area contributed by atoms with Gasteiger partial charge in [-0.25, -0.2) is 0 Å². The first-order chi connectivity index (χ1) is 8.18. The first kappa shape index (κ1) is 12.8. The van der Waals surface area contributed by atoms with Crippen molar-refractivity contribution >= 4 is 39.3 Å². The van der Waals surface area contributed by atoms with Gasteiger partial charge in [-0.2, -0.15) is 11.8 Å². The van der Waals surface area contributed by atoms with Crippen LogP contribution in [0.5, 0.6) is 0 Å². The number of halogens is 1. The Morgan fingerprint density at radius 2 is 2.18 bits per heavy atom. The maximum atomic E-state index is 12.3. The molecule has 0 aromatic heterocycles. The van der Waals surface area contributed by atoms with Crippen molar-refractivity contribution in [2.24, 2.45) is 0 Å². The molecule has 0 spiro atoms. The molecule has 0 bridgehead atoms. The highest BCUT2D eigenvalue weighted by atomic mass is 79.9. The number of anilines is 1. The summed E-state index contributed by atoms with van der Waals surface area (Å²) in [7, 11) is 0. The van der Waals surface area contributed by atoms with Gasteiger partial charge in [0, 0.05) is 29.0 Å². The molecule has 1 saturated heterocycles. The van der Waals surface area contributed by atoms with Crippen molar-refractivity contribution in [3.05, 3.63) is 28.2 Å². The standard InChI is InChI=1S/C12H15BrN2OS/c13-9-2-3-11(14)10(8-9)12(16)15-4-1-6-17-7-5-15/h2-3,8H,1,4-7,14H2. The second kappa shape index (κ2) is 5.78. The molecule has 0 atom stereocenters. The third-order valence-corrected chi connectivity index (χ3v) is 4.30. The number of hydrogen-bond donors (Lipinski definition) is 1. The number of carbonyl (C=O) groups is 1. The van der Waals surface area contributed by atoms with E-state index in [4.69, 9.17) is 5.73 Å². The van der Waals surface area contributed by atoms with Crippen LogP contribution in [0.2, 0.25) is 0 Å². The fourth-order valence-corrected chi connectivity index (χ4v) is 3.08. The number of nitrogen functional groups attached to an aromatic ring is 1. The molecule has 0 radical (unpaired) electrons. The molecule has 1 fully saturated rings.